The van der Waals surface area contributed by atoms with Crippen LogP contribution in [0.4, 0.5) is 0 Å². The minimum absolute atomic E-state index is 0.0465. The van der Waals surface area contributed by atoms with Gasteiger partial charge in [0.15, 0.2) is 0 Å². The van der Waals surface area contributed by atoms with Gasteiger partial charge in [-0.25, -0.2) is 0 Å². The fourth-order valence-electron chi connectivity index (χ4n) is 2.42. The highest BCUT2D eigenvalue weighted by atomic mass is 35.5. The largest absolute Gasteiger partial charge is 0.347 e. The van der Waals surface area contributed by atoms with Crippen LogP contribution in [0.25, 0.3) is 0 Å². The van der Waals surface area contributed by atoms with E-state index in [2.05, 4.69) is 0 Å². The van der Waals surface area contributed by atoms with Crippen molar-refractivity contribution in [3.05, 3.63) is 34.9 Å². The van der Waals surface area contributed by atoms with E-state index >= 15 is 0 Å². The van der Waals surface area contributed by atoms with Crippen LogP contribution in [0.2, 0.25) is 5.02 Å². The van der Waals surface area contributed by atoms with E-state index in [9.17, 15) is 14.4 Å². The van der Waals surface area contributed by atoms with Crippen molar-refractivity contribution in [3.8, 4) is 0 Å². The predicted molar refractivity (Wildman–Crippen MR) is 86.7 cm³/mol. The Balaban J connectivity index is 2.11. The van der Waals surface area contributed by atoms with Gasteiger partial charge < -0.3 is 14.7 Å². The van der Waals surface area contributed by atoms with Gasteiger partial charge in [-0.05, 0) is 18.6 Å². The molecule has 0 radical (unpaired) electrons. The molecular formula is C16H20ClN3O3. The van der Waals surface area contributed by atoms with E-state index in [0.29, 0.717) is 5.02 Å². The molecule has 2 rings (SSSR count). The lowest BCUT2D eigenvalue weighted by Gasteiger charge is -2.38. The second-order valence-corrected chi connectivity index (χ2v) is 6.18. The van der Waals surface area contributed by atoms with Crippen LogP contribution in [-0.2, 0) is 20.9 Å². The number of hydrogen-bond acceptors (Lipinski definition) is 3. The number of likely N-dealkylation sites (N-methyl/N-ethyl adjacent to an activating group) is 1. The zero-order valence-corrected chi connectivity index (χ0v) is 14.2. The Labute approximate surface area is 140 Å². The summed E-state index contributed by atoms with van der Waals surface area (Å²) in [6.45, 7) is 1.79. The summed E-state index contributed by atoms with van der Waals surface area (Å²) in [4.78, 5) is 40.9. The standard InChI is InChI=1S/C16H20ClN3O3/c1-11-16(23)19(8-12-6-4-5-7-13(12)17)9-15(22)20(11)10-14(21)18(2)3/h4-7,11H,8-10H2,1-3H3/t11-/m0/s1. The monoisotopic (exact) mass is 337 g/mol. The van der Waals surface area contributed by atoms with E-state index in [1.807, 2.05) is 18.2 Å². The van der Waals surface area contributed by atoms with Gasteiger partial charge in [-0.2, -0.15) is 0 Å². The molecule has 1 heterocycles. The number of piperazine rings is 1. The van der Waals surface area contributed by atoms with E-state index in [-0.39, 0.29) is 37.4 Å². The summed E-state index contributed by atoms with van der Waals surface area (Å²) < 4.78 is 0. The summed E-state index contributed by atoms with van der Waals surface area (Å²) in [5.74, 6) is -0.631. The van der Waals surface area contributed by atoms with Crippen molar-refractivity contribution in [2.24, 2.45) is 0 Å². The number of amides is 3. The van der Waals surface area contributed by atoms with Crippen LogP contribution in [0.3, 0.4) is 0 Å². The second-order valence-electron chi connectivity index (χ2n) is 5.77. The Kier molecular flexibility index (Phi) is 5.26. The van der Waals surface area contributed by atoms with Crippen LogP contribution >= 0.6 is 11.6 Å². The second kappa shape index (κ2) is 7.00. The number of hydrogen-bond donors (Lipinski definition) is 0. The van der Waals surface area contributed by atoms with Crippen LogP contribution in [0.1, 0.15) is 12.5 Å². The normalized spacial score (nSPS) is 18.3. The lowest BCUT2D eigenvalue weighted by atomic mass is 10.1. The molecular weight excluding hydrogens is 318 g/mol. The average molecular weight is 338 g/mol. The molecule has 6 nitrogen and oxygen atoms in total. The van der Waals surface area contributed by atoms with Crippen molar-refractivity contribution in [1.82, 2.24) is 14.7 Å². The fourth-order valence-corrected chi connectivity index (χ4v) is 2.62. The fraction of sp³-hybridized carbons (Fsp3) is 0.438. The van der Waals surface area contributed by atoms with Gasteiger partial charge in [-0.15, -0.1) is 0 Å². The lowest BCUT2D eigenvalue weighted by molar-refractivity contribution is -0.157. The molecule has 0 bridgehead atoms. The van der Waals surface area contributed by atoms with Gasteiger partial charge in [-0.3, -0.25) is 14.4 Å². The minimum Gasteiger partial charge on any atom is -0.347 e. The third kappa shape index (κ3) is 3.82. The van der Waals surface area contributed by atoms with Crippen LogP contribution in [0.15, 0.2) is 24.3 Å². The Morgan fingerprint density at radius 2 is 1.96 bits per heavy atom. The molecule has 23 heavy (non-hydrogen) atoms. The Bertz CT molecular complexity index is 633. The van der Waals surface area contributed by atoms with E-state index in [4.69, 9.17) is 11.6 Å². The summed E-state index contributed by atoms with van der Waals surface area (Å²) in [5, 5.41) is 0.561. The van der Waals surface area contributed by atoms with Crippen molar-refractivity contribution in [1.29, 1.82) is 0 Å². The Morgan fingerprint density at radius 1 is 1.30 bits per heavy atom. The van der Waals surface area contributed by atoms with Crippen LogP contribution in [0.5, 0.6) is 0 Å². The van der Waals surface area contributed by atoms with Gasteiger partial charge in [0.1, 0.15) is 19.1 Å². The van der Waals surface area contributed by atoms with Gasteiger partial charge in [0.05, 0.1) is 0 Å². The Morgan fingerprint density at radius 3 is 2.57 bits per heavy atom. The van der Waals surface area contributed by atoms with Crippen LogP contribution < -0.4 is 0 Å². The maximum Gasteiger partial charge on any atom is 0.245 e. The molecule has 1 aromatic rings. The predicted octanol–water partition coefficient (Wildman–Crippen LogP) is 0.988. The summed E-state index contributed by atoms with van der Waals surface area (Å²) in [6, 6.07) is 6.56. The van der Waals surface area contributed by atoms with Gasteiger partial charge in [0.2, 0.25) is 17.7 Å². The number of nitrogens with zero attached hydrogens (tertiary/aromatic N) is 3. The van der Waals surface area contributed by atoms with E-state index in [0.717, 1.165) is 5.56 Å². The van der Waals surface area contributed by atoms with Crippen molar-refractivity contribution in [2.45, 2.75) is 19.5 Å². The van der Waals surface area contributed by atoms with Crippen molar-refractivity contribution in [2.75, 3.05) is 27.2 Å². The Hall–Kier alpha value is -2.08. The van der Waals surface area contributed by atoms with Gasteiger partial charge in [-0.1, -0.05) is 29.8 Å². The van der Waals surface area contributed by atoms with Crippen molar-refractivity contribution >= 4 is 29.3 Å². The molecule has 1 aliphatic heterocycles. The maximum atomic E-state index is 12.5. The first kappa shape index (κ1) is 17.3. The molecule has 1 aromatic carbocycles. The number of carbonyl (C=O) groups excluding carboxylic acids is 3. The number of carbonyl (C=O) groups is 3. The molecule has 0 N–H and O–H groups in total. The van der Waals surface area contributed by atoms with Gasteiger partial charge >= 0.3 is 0 Å². The molecule has 0 spiro atoms. The summed E-state index contributed by atoms with van der Waals surface area (Å²) in [5.41, 5.74) is 0.792. The van der Waals surface area contributed by atoms with Crippen LogP contribution in [-0.4, -0.2) is 65.6 Å². The first-order valence-electron chi connectivity index (χ1n) is 7.33. The molecule has 1 aliphatic rings. The lowest BCUT2D eigenvalue weighted by Crippen LogP contribution is -2.60. The first-order chi connectivity index (χ1) is 10.8. The molecule has 0 unspecified atom stereocenters. The highest BCUT2D eigenvalue weighted by Gasteiger charge is 2.37. The quantitative estimate of drug-likeness (QED) is 0.823. The molecule has 1 fully saturated rings. The smallest absolute Gasteiger partial charge is 0.245 e. The highest BCUT2D eigenvalue weighted by Crippen LogP contribution is 2.20. The van der Waals surface area contributed by atoms with Crippen LogP contribution in [0, 0.1) is 0 Å². The summed E-state index contributed by atoms with van der Waals surface area (Å²) in [7, 11) is 3.24. The van der Waals surface area contributed by atoms with Crippen molar-refractivity contribution in [3.63, 3.8) is 0 Å². The number of benzene rings is 1. The zero-order chi connectivity index (χ0) is 17.1. The molecule has 0 aliphatic carbocycles. The highest BCUT2D eigenvalue weighted by molar-refractivity contribution is 6.31. The molecule has 3 amide bonds. The third-order valence-electron chi connectivity index (χ3n) is 3.91. The topological polar surface area (TPSA) is 60.9 Å². The first-order valence-corrected chi connectivity index (χ1v) is 7.71. The van der Waals surface area contributed by atoms with Gasteiger partial charge in [0, 0.05) is 25.7 Å². The van der Waals surface area contributed by atoms with E-state index in [1.165, 1.54) is 14.7 Å². The third-order valence-corrected chi connectivity index (χ3v) is 4.28. The van der Waals surface area contributed by atoms with E-state index < -0.39 is 6.04 Å². The maximum absolute atomic E-state index is 12.5. The van der Waals surface area contributed by atoms with Gasteiger partial charge in [0.25, 0.3) is 0 Å². The van der Waals surface area contributed by atoms with E-state index in [1.54, 1.807) is 27.1 Å². The molecule has 1 atom stereocenters. The summed E-state index contributed by atoms with van der Waals surface area (Å²) >= 11 is 6.11. The molecule has 7 heteroatoms. The number of halogens is 1. The SMILES string of the molecule is C[C@H]1C(=O)N(Cc2ccccc2Cl)CC(=O)N1CC(=O)N(C)C. The zero-order valence-electron chi connectivity index (χ0n) is 13.5. The average Bonchev–Trinajstić information content (AvgIpc) is 2.50. The molecule has 1 saturated heterocycles. The minimum atomic E-state index is -0.664. The van der Waals surface area contributed by atoms with Crippen molar-refractivity contribution < 1.29 is 14.4 Å². The number of rotatable bonds is 4. The molecule has 0 aromatic heterocycles. The summed E-state index contributed by atoms with van der Waals surface area (Å²) in [6.07, 6.45) is 0. The molecule has 0 saturated carbocycles. The molecule has 124 valence electrons.